The number of aliphatic hydroxyl groups is 1. The molecule has 2 N–H and O–H groups in total. The minimum Gasteiger partial charge on any atom is -0.394 e. The smallest absolute Gasteiger partial charge is 0.254 e. The summed E-state index contributed by atoms with van der Waals surface area (Å²) in [5.41, 5.74) is 1.02. The number of hydrogen-bond donors (Lipinski definition) is 2. The molecule has 0 saturated heterocycles. The van der Waals surface area contributed by atoms with E-state index in [4.69, 9.17) is 28.3 Å². The highest BCUT2D eigenvalue weighted by atomic mass is 35.5. The molecule has 5 nitrogen and oxygen atoms in total. The minimum absolute atomic E-state index is 0.122. The van der Waals surface area contributed by atoms with Crippen LogP contribution in [0, 0.1) is 0 Å². The van der Waals surface area contributed by atoms with Crippen molar-refractivity contribution in [2.75, 3.05) is 6.61 Å². The van der Waals surface area contributed by atoms with Crippen LogP contribution < -0.4 is 5.32 Å². The van der Waals surface area contributed by atoms with E-state index >= 15 is 0 Å². The predicted octanol–water partition coefficient (Wildman–Crippen LogP) is 2.29. The van der Waals surface area contributed by atoms with E-state index in [0.29, 0.717) is 21.3 Å². The molecule has 7 heteroatoms. The van der Waals surface area contributed by atoms with Gasteiger partial charge in [-0.2, -0.15) is 5.10 Å². The van der Waals surface area contributed by atoms with Crippen LogP contribution in [0.3, 0.4) is 0 Å². The van der Waals surface area contributed by atoms with Crippen LogP contribution in [0.25, 0.3) is 5.69 Å². The van der Waals surface area contributed by atoms with Crippen LogP contribution in [0.4, 0.5) is 0 Å². The van der Waals surface area contributed by atoms with Gasteiger partial charge >= 0.3 is 0 Å². The number of amides is 1. The maximum atomic E-state index is 11.9. The van der Waals surface area contributed by atoms with Crippen molar-refractivity contribution in [2.24, 2.45) is 0 Å². The molecule has 0 fully saturated rings. The topological polar surface area (TPSA) is 67.2 Å². The molecule has 0 spiro atoms. The first-order chi connectivity index (χ1) is 9.51. The van der Waals surface area contributed by atoms with Crippen LogP contribution in [0.1, 0.15) is 17.3 Å². The molecule has 0 bridgehead atoms. The molecule has 106 valence electrons. The fourth-order valence-electron chi connectivity index (χ4n) is 1.59. The molecule has 0 aliphatic carbocycles. The molecule has 1 atom stereocenters. The van der Waals surface area contributed by atoms with Crippen molar-refractivity contribution in [3.63, 3.8) is 0 Å². The molecule has 1 unspecified atom stereocenters. The van der Waals surface area contributed by atoms with Crippen LogP contribution in [-0.4, -0.2) is 33.4 Å². The first kappa shape index (κ1) is 14.8. The van der Waals surface area contributed by atoms with Gasteiger partial charge < -0.3 is 10.4 Å². The summed E-state index contributed by atoms with van der Waals surface area (Å²) in [6.45, 7) is 1.58. The second-order valence-electron chi connectivity index (χ2n) is 4.33. The molecule has 0 saturated carbocycles. The van der Waals surface area contributed by atoms with Gasteiger partial charge in [0.15, 0.2) is 0 Å². The van der Waals surface area contributed by atoms with E-state index in [2.05, 4.69) is 10.4 Å². The zero-order valence-corrected chi connectivity index (χ0v) is 12.2. The maximum absolute atomic E-state index is 11.9. The largest absolute Gasteiger partial charge is 0.394 e. The quantitative estimate of drug-likeness (QED) is 0.910. The van der Waals surface area contributed by atoms with Gasteiger partial charge in [-0.15, -0.1) is 0 Å². The molecule has 0 aliphatic heterocycles. The summed E-state index contributed by atoms with van der Waals surface area (Å²) in [6.07, 6.45) is 3.00. The zero-order chi connectivity index (χ0) is 14.7. The molecular weight excluding hydrogens is 301 g/mol. The van der Waals surface area contributed by atoms with E-state index in [0.717, 1.165) is 0 Å². The second-order valence-corrected chi connectivity index (χ2v) is 5.17. The molecule has 2 rings (SSSR count). The number of aliphatic hydroxyl groups excluding tert-OH is 1. The highest BCUT2D eigenvalue weighted by Crippen LogP contribution is 2.24. The van der Waals surface area contributed by atoms with Gasteiger partial charge in [0.05, 0.1) is 29.1 Å². The Bertz CT molecular complexity index is 628. The van der Waals surface area contributed by atoms with Crippen molar-refractivity contribution in [3.8, 4) is 5.69 Å². The van der Waals surface area contributed by atoms with Gasteiger partial charge in [-0.3, -0.25) is 4.79 Å². The number of hydrogen-bond acceptors (Lipinski definition) is 3. The van der Waals surface area contributed by atoms with Crippen LogP contribution in [-0.2, 0) is 0 Å². The molecular formula is C13H13Cl2N3O2. The highest BCUT2D eigenvalue weighted by molar-refractivity contribution is 6.35. The molecule has 0 aliphatic rings. The van der Waals surface area contributed by atoms with Crippen LogP contribution in [0.15, 0.2) is 30.6 Å². The highest BCUT2D eigenvalue weighted by Gasteiger charge is 2.13. The number of nitrogens with zero attached hydrogens (tertiary/aromatic N) is 2. The first-order valence-electron chi connectivity index (χ1n) is 5.93. The lowest BCUT2D eigenvalue weighted by Crippen LogP contribution is -2.34. The lowest BCUT2D eigenvalue weighted by molar-refractivity contribution is 0.0922. The lowest BCUT2D eigenvalue weighted by Gasteiger charge is -2.09. The second kappa shape index (κ2) is 6.26. The fraction of sp³-hybridized carbons (Fsp3) is 0.231. The van der Waals surface area contributed by atoms with Gasteiger partial charge in [-0.25, -0.2) is 4.68 Å². The summed E-state index contributed by atoms with van der Waals surface area (Å²) >= 11 is 11.9. The summed E-state index contributed by atoms with van der Waals surface area (Å²) in [6, 6.07) is 4.70. The number of carbonyl (C=O) groups excluding carboxylic acids is 1. The third-order valence-corrected chi connectivity index (χ3v) is 3.19. The Morgan fingerprint density at radius 3 is 2.90 bits per heavy atom. The molecule has 0 radical (unpaired) electrons. The third kappa shape index (κ3) is 3.30. The van der Waals surface area contributed by atoms with Crippen molar-refractivity contribution in [1.82, 2.24) is 15.1 Å². The van der Waals surface area contributed by atoms with E-state index in [1.165, 1.54) is 10.9 Å². The van der Waals surface area contributed by atoms with Gasteiger partial charge in [-0.05, 0) is 25.1 Å². The van der Waals surface area contributed by atoms with Crippen molar-refractivity contribution in [1.29, 1.82) is 0 Å². The molecule has 1 amide bonds. The standard InChI is InChI=1S/C13H13Cl2N3O2/c1-8(7-19)17-13(20)9-5-16-18(6-9)12-3-2-10(14)4-11(12)15/h2-6,8,19H,7H2,1H3,(H,17,20). The maximum Gasteiger partial charge on any atom is 0.254 e. The summed E-state index contributed by atoms with van der Waals surface area (Å²) < 4.78 is 1.50. The molecule has 1 aromatic carbocycles. The van der Waals surface area contributed by atoms with Crippen LogP contribution in [0.5, 0.6) is 0 Å². The Morgan fingerprint density at radius 2 is 2.25 bits per heavy atom. The van der Waals surface area contributed by atoms with E-state index in [9.17, 15) is 4.79 Å². The van der Waals surface area contributed by atoms with Crippen molar-refractivity contribution in [2.45, 2.75) is 13.0 Å². The first-order valence-corrected chi connectivity index (χ1v) is 6.68. The van der Waals surface area contributed by atoms with Gasteiger partial charge in [0.25, 0.3) is 5.91 Å². The number of rotatable bonds is 4. The van der Waals surface area contributed by atoms with E-state index in [-0.39, 0.29) is 18.6 Å². The normalized spacial score (nSPS) is 12.2. The average molecular weight is 314 g/mol. The monoisotopic (exact) mass is 313 g/mol. The van der Waals surface area contributed by atoms with Crippen LogP contribution in [0.2, 0.25) is 10.0 Å². The lowest BCUT2D eigenvalue weighted by atomic mass is 10.3. The molecule has 1 heterocycles. The van der Waals surface area contributed by atoms with Gasteiger partial charge in [0.1, 0.15) is 0 Å². The predicted molar refractivity (Wildman–Crippen MR) is 77.6 cm³/mol. The summed E-state index contributed by atoms with van der Waals surface area (Å²) in [5.74, 6) is -0.303. The fourth-order valence-corrected chi connectivity index (χ4v) is 2.09. The van der Waals surface area contributed by atoms with Gasteiger partial charge in [-0.1, -0.05) is 23.2 Å². The number of carbonyl (C=O) groups is 1. The molecule has 1 aromatic heterocycles. The molecule has 2 aromatic rings. The average Bonchev–Trinajstić information content (AvgIpc) is 2.88. The number of halogens is 2. The van der Waals surface area contributed by atoms with E-state index in [1.807, 2.05) is 0 Å². The van der Waals surface area contributed by atoms with Gasteiger partial charge in [0.2, 0.25) is 0 Å². The van der Waals surface area contributed by atoms with Crippen LogP contribution >= 0.6 is 23.2 Å². The number of aromatic nitrogens is 2. The Kier molecular flexibility index (Phi) is 4.65. The van der Waals surface area contributed by atoms with Crippen molar-refractivity contribution < 1.29 is 9.90 Å². The Hall–Kier alpha value is -1.56. The van der Waals surface area contributed by atoms with Crippen molar-refractivity contribution >= 4 is 29.1 Å². The van der Waals surface area contributed by atoms with Gasteiger partial charge in [0, 0.05) is 17.3 Å². The SMILES string of the molecule is CC(CO)NC(=O)c1cnn(-c2ccc(Cl)cc2Cl)c1. The summed E-state index contributed by atoms with van der Waals surface area (Å²) in [7, 11) is 0. The van der Waals surface area contributed by atoms with E-state index < -0.39 is 0 Å². The number of benzene rings is 1. The Balaban J connectivity index is 2.22. The zero-order valence-electron chi connectivity index (χ0n) is 10.7. The Labute approximate surface area is 126 Å². The minimum atomic E-state index is -0.315. The summed E-state index contributed by atoms with van der Waals surface area (Å²) in [5, 5.41) is 16.6. The summed E-state index contributed by atoms with van der Waals surface area (Å²) in [4.78, 5) is 11.9. The molecule has 20 heavy (non-hydrogen) atoms. The van der Waals surface area contributed by atoms with Crippen molar-refractivity contribution in [3.05, 3.63) is 46.2 Å². The Morgan fingerprint density at radius 1 is 1.50 bits per heavy atom. The number of nitrogens with one attached hydrogen (secondary N) is 1. The van der Waals surface area contributed by atoms with E-state index in [1.54, 1.807) is 31.3 Å². The third-order valence-electron chi connectivity index (χ3n) is 2.65.